The number of benzene rings is 1. The minimum absolute atomic E-state index is 0.0441. The molecule has 0 fully saturated rings. The fourth-order valence-electron chi connectivity index (χ4n) is 2.17. The lowest BCUT2D eigenvalue weighted by molar-refractivity contribution is -0.147. The number of carbonyl (C=O) groups is 3. The second-order valence-corrected chi connectivity index (χ2v) is 6.37. The van der Waals surface area contributed by atoms with E-state index in [0.717, 1.165) is 11.3 Å². The summed E-state index contributed by atoms with van der Waals surface area (Å²) in [6, 6.07) is 5.49. The molecule has 28 heavy (non-hydrogen) atoms. The van der Waals surface area contributed by atoms with Gasteiger partial charge in [0.2, 0.25) is 15.9 Å². The average molecular weight is 407 g/mol. The van der Waals surface area contributed by atoms with Crippen LogP contribution in [0.1, 0.15) is 30.6 Å². The van der Waals surface area contributed by atoms with Crippen LogP contribution >= 0.6 is 11.3 Å². The van der Waals surface area contributed by atoms with Crippen LogP contribution in [0.4, 0.5) is 0 Å². The molecule has 1 aromatic heterocycles. The zero-order chi connectivity index (χ0) is 20.7. The maximum absolute atomic E-state index is 12.1. The summed E-state index contributed by atoms with van der Waals surface area (Å²) < 4.78 is 16.4. The number of ether oxygens (including phenoxy) is 3. The zero-order valence-corrected chi connectivity index (χ0v) is 16.8. The highest BCUT2D eigenvalue weighted by Crippen LogP contribution is 2.15. The molecule has 1 unspecified atom stereocenters. The van der Waals surface area contributed by atoms with E-state index >= 15 is 0 Å². The SMILES string of the molecule is CCOC(=O)c1nn(-c2ccc(OC)cc2)c(=NC(C(C)=O)C(=O)OCC)s1. The molecule has 1 atom stereocenters. The van der Waals surface area contributed by atoms with Gasteiger partial charge in [-0.25, -0.2) is 19.3 Å². The molecule has 1 heterocycles. The van der Waals surface area contributed by atoms with Crippen molar-refractivity contribution in [3.05, 3.63) is 34.1 Å². The van der Waals surface area contributed by atoms with Gasteiger partial charge in [-0.05, 0) is 45.0 Å². The lowest BCUT2D eigenvalue weighted by atomic mass is 10.2. The first-order chi connectivity index (χ1) is 13.4. The van der Waals surface area contributed by atoms with Crippen molar-refractivity contribution in [3.63, 3.8) is 0 Å². The van der Waals surface area contributed by atoms with E-state index in [-0.39, 0.29) is 23.0 Å². The number of ketones is 1. The molecule has 0 amide bonds. The van der Waals surface area contributed by atoms with Crippen LogP contribution in [0.3, 0.4) is 0 Å². The second-order valence-electron chi connectivity index (χ2n) is 5.41. The van der Waals surface area contributed by atoms with Crippen molar-refractivity contribution in [3.8, 4) is 11.4 Å². The number of carbonyl (C=O) groups excluding carboxylic acids is 3. The molecule has 0 N–H and O–H groups in total. The first kappa shape index (κ1) is 21.3. The number of aromatic nitrogens is 2. The Hall–Kier alpha value is -3.01. The van der Waals surface area contributed by atoms with Crippen LogP contribution in [0.15, 0.2) is 29.3 Å². The Kier molecular flexibility index (Phi) is 7.44. The number of Topliss-reactive ketones (excluding diaryl/α,β-unsaturated/α-hetero) is 1. The van der Waals surface area contributed by atoms with Crippen LogP contribution in [0.5, 0.6) is 5.75 Å². The van der Waals surface area contributed by atoms with Crippen molar-refractivity contribution in [1.82, 2.24) is 9.78 Å². The van der Waals surface area contributed by atoms with Crippen molar-refractivity contribution in [2.75, 3.05) is 20.3 Å². The van der Waals surface area contributed by atoms with Gasteiger partial charge >= 0.3 is 11.9 Å². The first-order valence-electron chi connectivity index (χ1n) is 8.53. The van der Waals surface area contributed by atoms with E-state index in [0.29, 0.717) is 11.4 Å². The topological polar surface area (TPSA) is 109 Å². The zero-order valence-electron chi connectivity index (χ0n) is 16.0. The van der Waals surface area contributed by atoms with Crippen molar-refractivity contribution in [2.45, 2.75) is 26.8 Å². The molecule has 150 valence electrons. The molecule has 0 saturated carbocycles. The minimum Gasteiger partial charge on any atom is -0.497 e. The third-order valence-electron chi connectivity index (χ3n) is 3.46. The quantitative estimate of drug-likeness (QED) is 0.482. The Morgan fingerprint density at radius 3 is 2.32 bits per heavy atom. The maximum Gasteiger partial charge on any atom is 0.369 e. The van der Waals surface area contributed by atoms with E-state index in [1.165, 1.54) is 11.6 Å². The summed E-state index contributed by atoms with van der Waals surface area (Å²) in [5.74, 6) is -1.23. The molecular weight excluding hydrogens is 386 g/mol. The first-order valence-corrected chi connectivity index (χ1v) is 9.35. The number of nitrogens with zero attached hydrogens (tertiary/aromatic N) is 3. The molecule has 0 spiro atoms. The standard InChI is InChI=1S/C18H21N3O6S/c1-5-26-16(23)14(11(3)22)19-18-21(12-7-9-13(25-4)10-8-12)20-15(28-18)17(24)27-6-2/h7-10,14H,5-6H2,1-4H3. The van der Waals surface area contributed by atoms with Crippen LogP contribution in [-0.2, 0) is 19.1 Å². The van der Waals surface area contributed by atoms with Gasteiger partial charge in [-0.3, -0.25) is 4.79 Å². The molecule has 10 heteroatoms. The normalized spacial score (nSPS) is 12.4. The molecule has 1 aromatic carbocycles. The molecule has 0 bridgehead atoms. The van der Waals surface area contributed by atoms with Gasteiger partial charge < -0.3 is 14.2 Å². The minimum atomic E-state index is -1.35. The summed E-state index contributed by atoms with van der Waals surface area (Å²) in [5.41, 5.74) is 0.567. The number of methoxy groups -OCH3 is 1. The lowest BCUT2D eigenvalue weighted by Gasteiger charge is -2.08. The van der Waals surface area contributed by atoms with E-state index in [2.05, 4.69) is 10.1 Å². The number of hydrogen-bond acceptors (Lipinski definition) is 9. The molecule has 0 saturated heterocycles. The Balaban J connectivity index is 2.60. The van der Waals surface area contributed by atoms with Gasteiger partial charge in [-0.1, -0.05) is 11.3 Å². The van der Waals surface area contributed by atoms with Crippen LogP contribution in [0.2, 0.25) is 0 Å². The third kappa shape index (κ3) is 5.03. The van der Waals surface area contributed by atoms with Gasteiger partial charge in [-0.2, -0.15) is 0 Å². The largest absolute Gasteiger partial charge is 0.497 e. The van der Waals surface area contributed by atoms with Gasteiger partial charge in [0.15, 0.2) is 5.78 Å². The summed E-state index contributed by atoms with van der Waals surface area (Å²) in [6.07, 6.45) is 0. The summed E-state index contributed by atoms with van der Waals surface area (Å²) >= 11 is 0.913. The number of esters is 2. The molecule has 9 nitrogen and oxygen atoms in total. The van der Waals surface area contributed by atoms with Gasteiger partial charge in [0, 0.05) is 0 Å². The Bertz CT molecular complexity index is 916. The molecule has 0 aliphatic rings. The van der Waals surface area contributed by atoms with Crippen molar-refractivity contribution < 1.29 is 28.6 Å². The Morgan fingerprint density at radius 2 is 1.79 bits per heavy atom. The summed E-state index contributed by atoms with van der Waals surface area (Å²) in [6.45, 7) is 4.87. The van der Waals surface area contributed by atoms with Crippen molar-refractivity contribution in [1.29, 1.82) is 0 Å². The van der Waals surface area contributed by atoms with Gasteiger partial charge in [0.1, 0.15) is 5.75 Å². The molecular formula is C18H21N3O6S. The predicted molar refractivity (Wildman–Crippen MR) is 101 cm³/mol. The Labute approximate surface area is 165 Å². The van der Waals surface area contributed by atoms with Crippen molar-refractivity contribution >= 4 is 29.1 Å². The van der Waals surface area contributed by atoms with E-state index in [1.807, 2.05) is 0 Å². The third-order valence-corrected chi connectivity index (χ3v) is 4.36. The highest BCUT2D eigenvalue weighted by molar-refractivity contribution is 7.10. The summed E-state index contributed by atoms with van der Waals surface area (Å²) in [4.78, 5) is 40.5. The fourth-order valence-corrected chi connectivity index (χ4v) is 3.00. The summed E-state index contributed by atoms with van der Waals surface area (Å²) in [7, 11) is 1.54. The van der Waals surface area contributed by atoms with E-state index in [1.54, 1.807) is 45.2 Å². The van der Waals surface area contributed by atoms with Crippen molar-refractivity contribution in [2.24, 2.45) is 4.99 Å². The fraction of sp³-hybridized carbons (Fsp3) is 0.389. The molecule has 2 aromatic rings. The van der Waals surface area contributed by atoms with Gasteiger partial charge in [0.05, 0.1) is 26.0 Å². The van der Waals surface area contributed by atoms with E-state index in [9.17, 15) is 14.4 Å². The van der Waals surface area contributed by atoms with E-state index < -0.39 is 23.8 Å². The lowest BCUT2D eigenvalue weighted by Crippen LogP contribution is -2.31. The van der Waals surface area contributed by atoms with Gasteiger partial charge in [-0.15, -0.1) is 5.10 Å². The number of rotatable bonds is 8. The summed E-state index contributed by atoms with van der Waals surface area (Å²) in [5, 5.41) is 4.28. The smallest absolute Gasteiger partial charge is 0.369 e. The second kappa shape index (κ2) is 9.79. The maximum atomic E-state index is 12.1. The Morgan fingerprint density at radius 1 is 1.14 bits per heavy atom. The highest BCUT2D eigenvalue weighted by atomic mass is 32.1. The molecule has 0 aliphatic heterocycles. The van der Waals surface area contributed by atoms with Crippen LogP contribution in [0.25, 0.3) is 5.69 Å². The van der Waals surface area contributed by atoms with Gasteiger partial charge in [0.25, 0.3) is 0 Å². The van der Waals surface area contributed by atoms with E-state index in [4.69, 9.17) is 14.2 Å². The molecule has 0 radical (unpaired) electrons. The number of hydrogen-bond donors (Lipinski definition) is 0. The average Bonchev–Trinajstić information content (AvgIpc) is 3.10. The highest BCUT2D eigenvalue weighted by Gasteiger charge is 2.25. The molecule has 2 rings (SSSR count). The van der Waals surface area contributed by atoms with Crippen LogP contribution in [-0.4, -0.2) is 53.9 Å². The van der Waals surface area contributed by atoms with Crippen LogP contribution < -0.4 is 9.54 Å². The molecule has 0 aliphatic carbocycles. The monoisotopic (exact) mass is 407 g/mol. The predicted octanol–water partition coefficient (Wildman–Crippen LogP) is 1.54. The van der Waals surface area contributed by atoms with Crippen LogP contribution in [0, 0.1) is 0 Å².